The van der Waals surface area contributed by atoms with Crippen molar-refractivity contribution in [3.8, 4) is 6.01 Å². The summed E-state index contributed by atoms with van der Waals surface area (Å²) in [6, 6.07) is 5.09. The Bertz CT molecular complexity index is 579. The van der Waals surface area contributed by atoms with Crippen LogP contribution in [0.5, 0.6) is 6.01 Å². The van der Waals surface area contributed by atoms with Crippen LogP contribution in [0.2, 0.25) is 15.3 Å². The number of rotatable bonds is 3. The zero-order chi connectivity index (χ0) is 13.1. The van der Waals surface area contributed by atoms with E-state index >= 15 is 0 Å². The lowest BCUT2D eigenvalue weighted by Gasteiger charge is -2.08. The number of anilines is 2. The molecule has 0 fully saturated rings. The third kappa shape index (κ3) is 3.13. The molecule has 0 atom stereocenters. The first kappa shape index (κ1) is 13.1. The van der Waals surface area contributed by atoms with Crippen molar-refractivity contribution >= 4 is 46.4 Å². The van der Waals surface area contributed by atoms with Gasteiger partial charge in [-0.05, 0) is 29.8 Å². The molecule has 0 radical (unpaired) electrons. The predicted octanol–water partition coefficient (Wildman–Crippen LogP) is 3.58. The molecule has 0 unspecified atom stereocenters. The van der Waals surface area contributed by atoms with Crippen LogP contribution >= 0.6 is 34.8 Å². The van der Waals surface area contributed by atoms with E-state index < -0.39 is 0 Å². The summed E-state index contributed by atoms with van der Waals surface area (Å²) >= 11 is 17.6. The molecule has 1 N–H and O–H groups in total. The van der Waals surface area contributed by atoms with Crippen LogP contribution in [0.1, 0.15) is 0 Å². The lowest BCUT2D eigenvalue weighted by Crippen LogP contribution is -2.02. The Kier molecular flexibility index (Phi) is 4.06. The summed E-state index contributed by atoms with van der Waals surface area (Å²) in [4.78, 5) is 11.6. The molecule has 1 aromatic heterocycles. The smallest absolute Gasteiger partial charge is 0.322 e. The van der Waals surface area contributed by atoms with Crippen LogP contribution in [0.25, 0.3) is 0 Å². The van der Waals surface area contributed by atoms with Gasteiger partial charge in [0, 0.05) is 5.02 Å². The van der Waals surface area contributed by atoms with E-state index in [2.05, 4.69) is 20.3 Å². The molecule has 0 aliphatic rings. The summed E-state index contributed by atoms with van der Waals surface area (Å²) in [6.45, 7) is 0. The van der Waals surface area contributed by atoms with Gasteiger partial charge in [-0.2, -0.15) is 15.0 Å². The quantitative estimate of drug-likeness (QED) is 0.939. The maximum atomic E-state index is 6.00. The summed E-state index contributed by atoms with van der Waals surface area (Å²) in [5.74, 6) is 0.219. The van der Waals surface area contributed by atoms with E-state index in [-0.39, 0.29) is 17.2 Å². The van der Waals surface area contributed by atoms with Gasteiger partial charge < -0.3 is 10.1 Å². The topological polar surface area (TPSA) is 59.9 Å². The molecule has 5 nitrogen and oxygen atoms in total. The second kappa shape index (κ2) is 5.56. The minimum Gasteiger partial charge on any atom is -0.467 e. The van der Waals surface area contributed by atoms with Gasteiger partial charge >= 0.3 is 6.01 Å². The number of benzene rings is 1. The molecule has 2 aromatic rings. The molecular formula is C10H7Cl3N4O. The minimum absolute atomic E-state index is 0.0162. The molecule has 0 saturated carbocycles. The Morgan fingerprint density at radius 2 is 1.89 bits per heavy atom. The monoisotopic (exact) mass is 304 g/mol. The highest BCUT2D eigenvalue weighted by Gasteiger charge is 2.08. The molecule has 94 valence electrons. The summed E-state index contributed by atoms with van der Waals surface area (Å²) in [7, 11) is 1.43. The van der Waals surface area contributed by atoms with Crippen molar-refractivity contribution < 1.29 is 4.74 Å². The van der Waals surface area contributed by atoms with Crippen LogP contribution in [-0.2, 0) is 0 Å². The maximum Gasteiger partial charge on any atom is 0.322 e. The molecule has 0 aliphatic heterocycles. The molecule has 0 amide bonds. The van der Waals surface area contributed by atoms with Crippen LogP contribution in [0, 0.1) is 0 Å². The Morgan fingerprint density at radius 1 is 1.11 bits per heavy atom. The highest BCUT2D eigenvalue weighted by Crippen LogP contribution is 2.27. The number of nitrogens with one attached hydrogen (secondary N) is 1. The van der Waals surface area contributed by atoms with E-state index in [1.807, 2.05) is 0 Å². The summed E-state index contributed by atoms with van der Waals surface area (Å²) in [5, 5.41) is 3.92. The average molecular weight is 306 g/mol. The average Bonchev–Trinajstić information content (AvgIpc) is 2.33. The number of methoxy groups -OCH3 is 1. The first-order chi connectivity index (χ1) is 8.58. The molecule has 0 bridgehead atoms. The summed E-state index contributed by atoms with van der Waals surface area (Å²) in [6.07, 6.45) is 0. The molecule has 1 aromatic carbocycles. The first-order valence-electron chi connectivity index (χ1n) is 4.76. The first-order valence-corrected chi connectivity index (χ1v) is 5.89. The second-order valence-corrected chi connectivity index (χ2v) is 4.35. The van der Waals surface area contributed by atoms with Crippen molar-refractivity contribution in [3.63, 3.8) is 0 Å². The Hall–Kier alpha value is -1.30. The van der Waals surface area contributed by atoms with Crippen LogP contribution in [-0.4, -0.2) is 22.1 Å². The van der Waals surface area contributed by atoms with Crippen molar-refractivity contribution in [2.75, 3.05) is 12.4 Å². The van der Waals surface area contributed by atoms with E-state index in [0.29, 0.717) is 15.7 Å². The largest absolute Gasteiger partial charge is 0.467 e. The molecular weight excluding hydrogens is 298 g/mol. The van der Waals surface area contributed by atoms with Gasteiger partial charge in [-0.25, -0.2) is 0 Å². The zero-order valence-electron chi connectivity index (χ0n) is 9.12. The predicted molar refractivity (Wildman–Crippen MR) is 71.1 cm³/mol. The van der Waals surface area contributed by atoms with E-state index in [4.69, 9.17) is 39.5 Å². The third-order valence-electron chi connectivity index (χ3n) is 1.95. The molecule has 1 heterocycles. The van der Waals surface area contributed by atoms with Crippen molar-refractivity contribution in [1.29, 1.82) is 0 Å². The standard InChI is InChI=1S/C10H7Cl3N4O/c1-18-10-16-8(13)15-9(17-10)14-7-4-5(11)2-3-6(7)12/h2-4H,1H3,(H,14,15,16,17). The lowest BCUT2D eigenvalue weighted by molar-refractivity contribution is 0.379. The van der Waals surface area contributed by atoms with Gasteiger partial charge in [0.25, 0.3) is 0 Å². The van der Waals surface area contributed by atoms with Gasteiger partial charge in [0.1, 0.15) is 0 Å². The number of hydrogen-bond acceptors (Lipinski definition) is 5. The molecule has 0 spiro atoms. The van der Waals surface area contributed by atoms with Gasteiger partial charge in [-0.1, -0.05) is 23.2 Å². The Labute approximate surface area is 118 Å². The molecule has 2 rings (SSSR count). The van der Waals surface area contributed by atoms with E-state index in [1.165, 1.54) is 7.11 Å². The number of ether oxygens (including phenoxy) is 1. The minimum atomic E-state index is 0.0162. The van der Waals surface area contributed by atoms with Gasteiger partial charge in [0.2, 0.25) is 11.2 Å². The Balaban J connectivity index is 2.33. The SMILES string of the molecule is COc1nc(Cl)nc(Nc2cc(Cl)ccc2Cl)n1. The van der Waals surface area contributed by atoms with E-state index in [1.54, 1.807) is 18.2 Å². The normalized spacial score (nSPS) is 10.2. The molecule has 0 saturated heterocycles. The number of aromatic nitrogens is 3. The summed E-state index contributed by atoms with van der Waals surface area (Å²) in [5.41, 5.74) is 0.563. The summed E-state index contributed by atoms with van der Waals surface area (Å²) < 4.78 is 4.88. The highest BCUT2D eigenvalue weighted by molar-refractivity contribution is 6.35. The molecule has 18 heavy (non-hydrogen) atoms. The fourth-order valence-corrected chi connectivity index (χ4v) is 1.68. The maximum absolute atomic E-state index is 6.00. The second-order valence-electron chi connectivity index (χ2n) is 3.16. The third-order valence-corrected chi connectivity index (χ3v) is 2.68. The molecule has 0 aliphatic carbocycles. The van der Waals surface area contributed by atoms with Gasteiger partial charge in [-0.3, -0.25) is 0 Å². The van der Waals surface area contributed by atoms with Crippen molar-refractivity contribution in [3.05, 3.63) is 33.5 Å². The van der Waals surface area contributed by atoms with E-state index in [0.717, 1.165) is 0 Å². The lowest BCUT2D eigenvalue weighted by atomic mass is 10.3. The van der Waals surface area contributed by atoms with Crippen LogP contribution in [0.4, 0.5) is 11.6 Å². The van der Waals surface area contributed by atoms with Crippen molar-refractivity contribution in [1.82, 2.24) is 15.0 Å². The van der Waals surface area contributed by atoms with Crippen LogP contribution in [0.3, 0.4) is 0 Å². The van der Waals surface area contributed by atoms with Gasteiger partial charge in [-0.15, -0.1) is 0 Å². The zero-order valence-corrected chi connectivity index (χ0v) is 11.4. The number of halogens is 3. The van der Waals surface area contributed by atoms with Gasteiger partial charge in [0.15, 0.2) is 0 Å². The fourth-order valence-electron chi connectivity index (χ4n) is 1.19. The Morgan fingerprint density at radius 3 is 2.61 bits per heavy atom. The van der Waals surface area contributed by atoms with Crippen LogP contribution < -0.4 is 10.1 Å². The van der Waals surface area contributed by atoms with Crippen molar-refractivity contribution in [2.45, 2.75) is 0 Å². The van der Waals surface area contributed by atoms with Crippen molar-refractivity contribution in [2.24, 2.45) is 0 Å². The molecule has 8 heteroatoms. The van der Waals surface area contributed by atoms with Gasteiger partial charge in [0.05, 0.1) is 17.8 Å². The fraction of sp³-hybridized carbons (Fsp3) is 0.100. The number of nitrogens with zero attached hydrogens (tertiary/aromatic N) is 3. The highest BCUT2D eigenvalue weighted by atomic mass is 35.5. The number of hydrogen-bond donors (Lipinski definition) is 1. The van der Waals surface area contributed by atoms with E-state index in [9.17, 15) is 0 Å². The van der Waals surface area contributed by atoms with Crippen LogP contribution in [0.15, 0.2) is 18.2 Å².